The van der Waals surface area contributed by atoms with E-state index in [2.05, 4.69) is 35.4 Å². The minimum atomic E-state index is -0.0655. The Bertz CT molecular complexity index is 810. The van der Waals surface area contributed by atoms with Gasteiger partial charge in [-0.15, -0.1) is 0 Å². The molecule has 2 unspecified atom stereocenters. The van der Waals surface area contributed by atoms with E-state index in [0.717, 1.165) is 51.6 Å². The van der Waals surface area contributed by atoms with Gasteiger partial charge in [0.25, 0.3) is 5.91 Å². The number of pyridine rings is 1. The first-order valence-electron chi connectivity index (χ1n) is 10.7. The number of nitrogens with zero attached hydrogens (tertiary/aromatic N) is 1. The summed E-state index contributed by atoms with van der Waals surface area (Å²) in [5.41, 5.74) is 5.88. The maximum Gasteiger partial charge on any atom is 0.270 e. The second kappa shape index (κ2) is 8.87. The summed E-state index contributed by atoms with van der Waals surface area (Å²) in [6.07, 6.45) is 10.6. The standard InChI is InChI=1S/C24H30N2O2/c1-2-17-5-8-20-15-21(10-9-19(20)14-17)26-24(27)23-12-7-18(16-25-23)6-11-22-4-3-13-28-22/h5,7-8,12,14,16,21-22H,2-4,6,9-11,13,15H2,1H3,(H,26,27). The summed E-state index contributed by atoms with van der Waals surface area (Å²) in [5.74, 6) is -0.0655. The lowest BCUT2D eigenvalue weighted by Crippen LogP contribution is -2.39. The highest BCUT2D eigenvalue weighted by atomic mass is 16.5. The molecule has 1 N–H and O–H groups in total. The smallest absolute Gasteiger partial charge is 0.270 e. The third kappa shape index (κ3) is 4.61. The van der Waals surface area contributed by atoms with Gasteiger partial charge in [0.2, 0.25) is 0 Å². The van der Waals surface area contributed by atoms with Crippen LogP contribution in [0.2, 0.25) is 0 Å². The van der Waals surface area contributed by atoms with Crippen molar-refractivity contribution in [2.75, 3.05) is 6.61 Å². The van der Waals surface area contributed by atoms with Crippen molar-refractivity contribution in [3.63, 3.8) is 0 Å². The molecule has 0 spiro atoms. The average Bonchev–Trinajstić information content (AvgIpc) is 3.26. The Balaban J connectivity index is 1.30. The van der Waals surface area contributed by atoms with Gasteiger partial charge in [-0.25, -0.2) is 0 Å². The summed E-state index contributed by atoms with van der Waals surface area (Å²) < 4.78 is 5.67. The number of aromatic nitrogens is 1. The van der Waals surface area contributed by atoms with Crippen molar-refractivity contribution in [1.82, 2.24) is 10.3 Å². The lowest BCUT2D eigenvalue weighted by atomic mass is 9.87. The molecule has 4 nitrogen and oxygen atoms in total. The summed E-state index contributed by atoms with van der Waals surface area (Å²) in [5, 5.41) is 3.18. The molecule has 2 aliphatic rings. The number of ether oxygens (including phenoxy) is 1. The van der Waals surface area contributed by atoms with Crippen LogP contribution in [0.3, 0.4) is 0 Å². The minimum Gasteiger partial charge on any atom is -0.378 e. The van der Waals surface area contributed by atoms with E-state index in [-0.39, 0.29) is 11.9 Å². The van der Waals surface area contributed by atoms with Crippen LogP contribution in [0, 0.1) is 0 Å². The first kappa shape index (κ1) is 19.1. The number of amides is 1. The SMILES string of the molecule is CCc1ccc2c(c1)CCC(NC(=O)c1ccc(CCC3CCCO3)cn1)C2. The molecule has 0 saturated carbocycles. The molecule has 0 radical (unpaired) electrons. The zero-order valence-electron chi connectivity index (χ0n) is 16.7. The largest absolute Gasteiger partial charge is 0.378 e. The van der Waals surface area contributed by atoms with Crippen molar-refractivity contribution < 1.29 is 9.53 Å². The number of benzene rings is 1. The van der Waals surface area contributed by atoms with Crippen LogP contribution in [0.4, 0.5) is 0 Å². The zero-order chi connectivity index (χ0) is 19.3. The van der Waals surface area contributed by atoms with E-state index < -0.39 is 0 Å². The Hall–Kier alpha value is -2.20. The maximum absolute atomic E-state index is 12.6. The molecule has 1 aromatic carbocycles. The van der Waals surface area contributed by atoms with Crippen molar-refractivity contribution in [2.24, 2.45) is 0 Å². The molecule has 1 aliphatic carbocycles. The van der Waals surface area contributed by atoms with Crippen molar-refractivity contribution in [3.05, 3.63) is 64.5 Å². The van der Waals surface area contributed by atoms with Crippen LogP contribution in [0.15, 0.2) is 36.5 Å². The Kier molecular flexibility index (Phi) is 6.06. The van der Waals surface area contributed by atoms with Crippen molar-refractivity contribution in [1.29, 1.82) is 0 Å². The third-order valence-electron chi connectivity index (χ3n) is 6.08. The van der Waals surface area contributed by atoms with Gasteiger partial charge >= 0.3 is 0 Å². The molecule has 1 saturated heterocycles. The Morgan fingerprint density at radius 2 is 2.07 bits per heavy atom. The predicted octanol–water partition coefficient (Wildman–Crippen LogP) is 4.04. The molecule has 1 fully saturated rings. The number of nitrogens with one attached hydrogen (secondary N) is 1. The average molecular weight is 379 g/mol. The number of carbonyl (C=O) groups is 1. The van der Waals surface area contributed by atoms with E-state index in [9.17, 15) is 4.79 Å². The van der Waals surface area contributed by atoms with E-state index in [4.69, 9.17) is 4.74 Å². The van der Waals surface area contributed by atoms with E-state index in [1.165, 1.54) is 28.7 Å². The minimum absolute atomic E-state index is 0.0655. The molecule has 1 aliphatic heterocycles. The lowest BCUT2D eigenvalue weighted by Gasteiger charge is -2.26. The number of hydrogen-bond donors (Lipinski definition) is 1. The molecule has 1 amide bonds. The van der Waals surface area contributed by atoms with Crippen LogP contribution in [0.5, 0.6) is 0 Å². The van der Waals surface area contributed by atoms with Gasteiger partial charge in [0.05, 0.1) is 6.10 Å². The van der Waals surface area contributed by atoms with Crippen LogP contribution in [0.25, 0.3) is 0 Å². The van der Waals surface area contributed by atoms with E-state index in [1.54, 1.807) is 0 Å². The maximum atomic E-state index is 12.6. The Morgan fingerprint density at radius 1 is 1.18 bits per heavy atom. The van der Waals surface area contributed by atoms with Gasteiger partial charge in [0.1, 0.15) is 5.69 Å². The molecular formula is C24H30N2O2. The predicted molar refractivity (Wildman–Crippen MR) is 111 cm³/mol. The first-order chi connectivity index (χ1) is 13.7. The fraction of sp³-hybridized carbons (Fsp3) is 0.500. The summed E-state index contributed by atoms with van der Waals surface area (Å²) in [6, 6.07) is 10.8. The number of aryl methyl sites for hydroxylation is 3. The highest BCUT2D eigenvalue weighted by Crippen LogP contribution is 2.23. The van der Waals surface area contributed by atoms with Gasteiger partial charge in [-0.2, -0.15) is 0 Å². The zero-order valence-corrected chi connectivity index (χ0v) is 16.7. The fourth-order valence-electron chi connectivity index (χ4n) is 4.32. The van der Waals surface area contributed by atoms with Gasteiger partial charge in [-0.3, -0.25) is 9.78 Å². The Morgan fingerprint density at radius 3 is 2.82 bits per heavy atom. The molecule has 4 rings (SSSR count). The van der Waals surface area contributed by atoms with Crippen molar-refractivity contribution in [2.45, 2.75) is 70.4 Å². The van der Waals surface area contributed by atoms with Crippen LogP contribution in [-0.4, -0.2) is 29.6 Å². The number of fused-ring (bicyclic) bond motifs is 1. The number of carbonyl (C=O) groups excluding carboxylic acids is 1. The van der Waals surface area contributed by atoms with Crippen LogP contribution in [0.1, 0.15) is 65.3 Å². The van der Waals surface area contributed by atoms with E-state index in [0.29, 0.717) is 11.8 Å². The second-order valence-corrected chi connectivity index (χ2v) is 8.10. The van der Waals surface area contributed by atoms with Gasteiger partial charge in [0.15, 0.2) is 0 Å². The number of hydrogen-bond acceptors (Lipinski definition) is 3. The molecule has 2 atom stereocenters. The quantitative estimate of drug-likeness (QED) is 0.825. The molecule has 148 valence electrons. The fourth-order valence-corrected chi connectivity index (χ4v) is 4.32. The van der Waals surface area contributed by atoms with E-state index in [1.807, 2.05) is 18.3 Å². The van der Waals surface area contributed by atoms with Crippen LogP contribution >= 0.6 is 0 Å². The molecule has 2 heterocycles. The molecular weight excluding hydrogens is 348 g/mol. The molecule has 0 bridgehead atoms. The summed E-state index contributed by atoms with van der Waals surface area (Å²) in [4.78, 5) is 17.0. The van der Waals surface area contributed by atoms with Gasteiger partial charge in [-0.1, -0.05) is 31.2 Å². The van der Waals surface area contributed by atoms with Gasteiger partial charge in [-0.05, 0) is 79.7 Å². The van der Waals surface area contributed by atoms with Gasteiger partial charge in [0, 0.05) is 18.8 Å². The normalized spacial score (nSPS) is 21.3. The number of rotatable bonds is 6. The molecule has 4 heteroatoms. The first-order valence-corrected chi connectivity index (χ1v) is 10.7. The second-order valence-electron chi connectivity index (χ2n) is 8.10. The third-order valence-corrected chi connectivity index (χ3v) is 6.08. The summed E-state index contributed by atoms with van der Waals surface area (Å²) >= 11 is 0. The topological polar surface area (TPSA) is 51.2 Å². The molecule has 2 aromatic rings. The van der Waals surface area contributed by atoms with Crippen molar-refractivity contribution >= 4 is 5.91 Å². The molecule has 1 aromatic heterocycles. The lowest BCUT2D eigenvalue weighted by molar-refractivity contribution is 0.0928. The summed E-state index contributed by atoms with van der Waals surface area (Å²) in [6.45, 7) is 3.09. The monoisotopic (exact) mass is 378 g/mol. The van der Waals surface area contributed by atoms with E-state index >= 15 is 0 Å². The van der Waals surface area contributed by atoms with Crippen LogP contribution < -0.4 is 5.32 Å². The van der Waals surface area contributed by atoms with Crippen molar-refractivity contribution in [3.8, 4) is 0 Å². The highest BCUT2D eigenvalue weighted by molar-refractivity contribution is 5.92. The highest BCUT2D eigenvalue weighted by Gasteiger charge is 2.21. The van der Waals surface area contributed by atoms with Gasteiger partial charge < -0.3 is 10.1 Å². The molecule has 28 heavy (non-hydrogen) atoms. The Labute approximate surface area is 167 Å². The van der Waals surface area contributed by atoms with Crippen LogP contribution in [-0.2, 0) is 30.4 Å². The summed E-state index contributed by atoms with van der Waals surface area (Å²) in [7, 11) is 0.